The molecule has 1 N–H and O–H groups in total. The van der Waals surface area contributed by atoms with E-state index in [-0.39, 0.29) is 12.5 Å². The van der Waals surface area contributed by atoms with Crippen molar-refractivity contribution in [2.75, 3.05) is 11.9 Å². The van der Waals surface area contributed by atoms with Gasteiger partial charge in [-0.25, -0.2) is 0 Å². The molecule has 0 radical (unpaired) electrons. The second-order valence-electron chi connectivity index (χ2n) is 4.35. The van der Waals surface area contributed by atoms with Gasteiger partial charge in [0.15, 0.2) is 6.61 Å². The van der Waals surface area contributed by atoms with Gasteiger partial charge in [0.2, 0.25) is 0 Å². The summed E-state index contributed by atoms with van der Waals surface area (Å²) in [6.07, 6.45) is 0. The van der Waals surface area contributed by atoms with Crippen LogP contribution in [0.3, 0.4) is 0 Å². The second kappa shape index (κ2) is 7.29. The van der Waals surface area contributed by atoms with Crippen molar-refractivity contribution in [2.24, 2.45) is 0 Å². The minimum atomic E-state index is -0.266. The van der Waals surface area contributed by atoms with Gasteiger partial charge in [0.25, 0.3) is 5.91 Å². The number of para-hydroxylation sites is 1. The highest BCUT2D eigenvalue weighted by Crippen LogP contribution is 2.32. The van der Waals surface area contributed by atoms with Gasteiger partial charge in [-0.15, -0.1) is 0 Å². The summed E-state index contributed by atoms with van der Waals surface area (Å²) in [6, 6.07) is 10.9. The fourth-order valence-electron chi connectivity index (χ4n) is 1.76. The first-order valence-corrected chi connectivity index (χ1v) is 8.06. The summed E-state index contributed by atoms with van der Waals surface area (Å²) in [6.45, 7) is 1.82. The van der Waals surface area contributed by atoms with Crippen molar-refractivity contribution >= 4 is 55.1 Å². The molecule has 0 atom stereocenters. The number of anilines is 1. The standard InChI is InChI=1S/C15H12Br2ClNO2/c1-9-6-10(16)7-11(17)15(9)21-8-14(20)19-13-5-3-2-4-12(13)18/h2-7H,8H2,1H3,(H,19,20). The number of carbonyl (C=O) groups excluding carboxylic acids is 1. The lowest BCUT2D eigenvalue weighted by Gasteiger charge is -2.12. The molecule has 0 aliphatic rings. The van der Waals surface area contributed by atoms with Crippen molar-refractivity contribution in [3.63, 3.8) is 0 Å². The Kier molecular flexibility index (Phi) is 5.67. The van der Waals surface area contributed by atoms with Crippen LogP contribution in [0.15, 0.2) is 45.3 Å². The zero-order valence-corrected chi connectivity index (χ0v) is 15.0. The second-order valence-corrected chi connectivity index (χ2v) is 6.53. The number of ether oxygens (including phenoxy) is 1. The molecule has 0 aromatic heterocycles. The number of carbonyl (C=O) groups is 1. The lowest BCUT2D eigenvalue weighted by molar-refractivity contribution is -0.118. The highest BCUT2D eigenvalue weighted by atomic mass is 79.9. The number of hydrogen-bond donors (Lipinski definition) is 1. The van der Waals surface area contributed by atoms with Gasteiger partial charge in [0, 0.05) is 4.47 Å². The van der Waals surface area contributed by atoms with E-state index in [2.05, 4.69) is 37.2 Å². The Balaban J connectivity index is 2.01. The molecule has 0 saturated carbocycles. The van der Waals surface area contributed by atoms with Crippen LogP contribution in [-0.4, -0.2) is 12.5 Å². The van der Waals surface area contributed by atoms with Crippen LogP contribution in [0, 0.1) is 6.92 Å². The molecule has 0 heterocycles. The molecule has 110 valence electrons. The fourth-order valence-corrected chi connectivity index (χ4v) is 3.49. The average Bonchev–Trinajstić information content (AvgIpc) is 2.40. The number of rotatable bonds is 4. The van der Waals surface area contributed by atoms with Gasteiger partial charge in [0.1, 0.15) is 5.75 Å². The SMILES string of the molecule is Cc1cc(Br)cc(Br)c1OCC(=O)Nc1ccccc1Cl. The van der Waals surface area contributed by atoms with Crippen molar-refractivity contribution < 1.29 is 9.53 Å². The van der Waals surface area contributed by atoms with E-state index in [1.807, 2.05) is 19.1 Å². The van der Waals surface area contributed by atoms with Gasteiger partial charge in [-0.1, -0.05) is 39.7 Å². The van der Waals surface area contributed by atoms with E-state index in [0.29, 0.717) is 16.5 Å². The van der Waals surface area contributed by atoms with E-state index in [0.717, 1.165) is 14.5 Å². The molecule has 0 fully saturated rings. The maximum atomic E-state index is 11.9. The number of amides is 1. The molecule has 6 heteroatoms. The smallest absolute Gasteiger partial charge is 0.262 e. The van der Waals surface area contributed by atoms with Crippen LogP contribution in [0.25, 0.3) is 0 Å². The molecule has 21 heavy (non-hydrogen) atoms. The minimum Gasteiger partial charge on any atom is -0.482 e. The summed E-state index contributed by atoms with van der Waals surface area (Å²) in [5, 5.41) is 3.20. The Morgan fingerprint density at radius 1 is 1.29 bits per heavy atom. The van der Waals surface area contributed by atoms with Crippen LogP contribution >= 0.6 is 43.5 Å². The molecular formula is C15H12Br2ClNO2. The molecule has 0 aliphatic heterocycles. The van der Waals surface area contributed by atoms with E-state index >= 15 is 0 Å². The van der Waals surface area contributed by atoms with E-state index in [1.54, 1.807) is 24.3 Å². The Morgan fingerprint density at radius 3 is 2.67 bits per heavy atom. The highest BCUT2D eigenvalue weighted by molar-refractivity contribution is 9.11. The van der Waals surface area contributed by atoms with Crippen LogP contribution in [0.2, 0.25) is 5.02 Å². The molecule has 0 saturated heterocycles. The van der Waals surface area contributed by atoms with Crippen LogP contribution in [0.5, 0.6) is 5.75 Å². The van der Waals surface area contributed by atoms with Gasteiger partial charge < -0.3 is 10.1 Å². The molecule has 0 spiro atoms. The van der Waals surface area contributed by atoms with Crippen molar-refractivity contribution in [3.8, 4) is 5.75 Å². The van der Waals surface area contributed by atoms with E-state index in [4.69, 9.17) is 16.3 Å². The number of hydrogen-bond acceptors (Lipinski definition) is 2. The van der Waals surface area contributed by atoms with Crippen molar-refractivity contribution in [1.82, 2.24) is 0 Å². The van der Waals surface area contributed by atoms with Gasteiger partial charge in [0.05, 0.1) is 15.2 Å². The third kappa shape index (κ3) is 4.46. The Morgan fingerprint density at radius 2 is 2.00 bits per heavy atom. The molecule has 2 aromatic carbocycles. The third-order valence-electron chi connectivity index (χ3n) is 2.69. The summed E-state index contributed by atoms with van der Waals surface area (Å²) in [5.74, 6) is 0.379. The lowest BCUT2D eigenvalue weighted by atomic mass is 10.2. The monoisotopic (exact) mass is 431 g/mol. The summed E-state index contributed by atoms with van der Waals surface area (Å²) in [7, 11) is 0. The van der Waals surface area contributed by atoms with E-state index in [9.17, 15) is 4.79 Å². The summed E-state index contributed by atoms with van der Waals surface area (Å²) >= 11 is 12.8. The molecule has 2 rings (SSSR count). The molecule has 0 bridgehead atoms. The zero-order chi connectivity index (χ0) is 15.4. The number of benzene rings is 2. The quantitative estimate of drug-likeness (QED) is 0.721. The predicted molar refractivity (Wildman–Crippen MR) is 92.2 cm³/mol. The normalized spacial score (nSPS) is 10.3. The average molecular weight is 434 g/mol. The summed E-state index contributed by atoms with van der Waals surface area (Å²) in [4.78, 5) is 11.9. The zero-order valence-electron chi connectivity index (χ0n) is 11.1. The van der Waals surface area contributed by atoms with Crippen LogP contribution in [0.1, 0.15) is 5.56 Å². The first kappa shape index (κ1) is 16.3. The molecule has 1 amide bonds. The predicted octanol–water partition coefficient (Wildman–Crippen LogP) is 5.19. The first-order chi connectivity index (χ1) is 9.97. The summed E-state index contributed by atoms with van der Waals surface area (Å²) < 4.78 is 7.31. The Hall–Kier alpha value is -1.04. The molecule has 2 aromatic rings. The van der Waals surface area contributed by atoms with Crippen LogP contribution in [0.4, 0.5) is 5.69 Å². The number of nitrogens with one attached hydrogen (secondary N) is 1. The fraction of sp³-hybridized carbons (Fsp3) is 0.133. The molecule has 0 unspecified atom stereocenters. The Bertz CT molecular complexity index is 653. The van der Waals surface area contributed by atoms with Gasteiger partial charge in [-0.05, 0) is 52.7 Å². The maximum Gasteiger partial charge on any atom is 0.262 e. The van der Waals surface area contributed by atoms with Crippen LogP contribution < -0.4 is 10.1 Å². The van der Waals surface area contributed by atoms with Gasteiger partial charge in [-0.2, -0.15) is 0 Å². The maximum absolute atomic E-state index is 11.9. The van der Waals surface area contributed by atoms with Gasteiger partial charge in [-0.3, -0.25) is 4.79 Å². The van der Waals surface area contributed by atoms with E-state index < -0.39 is 0 Å². The minimum absolute atomic E-state index is 0.0910. The van der Waals surface area contributed by atoms with Crippen molar-refractivity contribution in [3.05, 3.63) is 55.9 Å². The summed E-state index contributed by atoms with van der Waals surface area (Å²) in [5.41, 5.74) is 1.50. The molecular weight excluding hydrogens is 421 g/mol. The molecule has 3 nitrogen and oxygen atoms in total. The van der Waals surface area contributed by atoms with Crippen LogP contribution in [-0.2, 0) is 4.79 Å². The van der Waals surface area contributed by atoms with E-state index in [1.165, 1.54) is 0 Å². The lowest BCUT2D eigenvalue weighted by Crippen LogP contribution is -2.20. The highest BCUT2D eigenvalue weighted by Gasteiger charge is 2.10. The topological polar surface area (TPSA) is 38.3 Å². The Labute approximate surface area is 144 Å². The van der Waals surface area contributed by atoms with Crippen molar-refractivity contribution in [2.45, 2.75) is 6.92 Å². The first-order valence-electron chi connectivity index (χ1n) is 6.10. The van der Waals surface area contributed by atoms with Crippen molar-refractivity contribution in [1.29, 1.82) is 0 Å². The molecule has 0 aliphatic carbocycles. The number of aryl methyl sites for hydroxylation is 1. The van der Waals surface area contributed by atoms with Gasteiger partial charge >= 0.3 is 0 Å². The largest absolute Gasteiger partial charge is 0.482 e. The number of halogens is 3. The third-order valence-corrected chi connectivity index (χ3v) is 4.07.